The first-order valence-corrected chi connectivity index (χ1v) is 6.73. The van der Waals surface area contributed by atoms with Gasteiger partial charge in [-0.25, -0.2) is 4.39 Å². The second-order valence-electron chi connectivity index (χ2n) is 3.42. The zero-order chi connectivity index (χ0) is 11.5. The lowest BCUT2D eigenvalue weighted by Crippen LogP contribution is -1.86. The highest BCUT2D eigenvalue weighted by Gasteiger charge is 2.07. The minimum Gasteiger partial charge on any atom is -0.207 e. The van der Waals surface area contributed by atoms with Crippen LogP contribution < -0.4 is 0 Å². The molecule has 0 aromatic heterocycles. The summed E-state index contributed by atoms with van der Waals surface area (Å²) in [6.45, 7) is 0. The van der Waals surface area contributed by atoms with Crippen molar-refractivity contribution in [2.75, 3.05) is 0 Å². The van der Waals surface area contributed by atoms with E-state index in [0.717, 1.165) is 26.5 Å². The molecule has 2 rings (SSSR count). The van der Waals surface area contributed by atoms with Crippen LogP contribution in [0, 0.1) is 5.82 Å². The Morgan fingerprint density at radius 2 is 1.81 bits per heavy atom. The Bertz CT molecular complexity index is 509. The maximum atomic E-state index is 13.1. The van der Waals surface area contributed by atoms with Crippen molar-refractivity contribution in [3.63, 3.8) is 0 Å². The van der Waals surface area contributed by atoms with Crippen molar-refractivity contribution < 1.29 is 4.39 Å². The van der Waals surface area contributed by atoms with Crippen LogP contribution in [0.1, 0.15) is 5.56 Å². The van der Waals surface area contributed by atoms with Crippen molar-refractivity contribution in [3.05, 3.63) is 58.3 Å². The molecule has 2 aromatic carbocycles. The molecule has 0 bridgehead atoms. The maximum Gasteiger partial charge on any atom is 0.123 e. The van der Waals surface area contributed by atoms with Gasteiger partial charge in [0.25, 0.3) is 0 Å². The van der Waals surface area contributed by atoms with E-state index in [9.17, 15) is 4.39 Å². The molecule has 0 aliphatic rings. The average molecular weight is 344 g/mol. The third-order valence-electron chi connectivity index (χ3n) is 2.36. The van der Waals surface area contributed by atoms with Gasteiger partial charge < -0.3 is 0 Å². The highest BCUT2D eigenvalue weighted by atomic mass is 79.9. The highest BCUT2D eigenvalue weighted by Crippen LogP contribution is 2.32. The Hall–Kier alpha value is -0.670. The number of hydrogen-bond donors (Lipinski definition) is 0. The number of halogens is 3. The lowest BCUT2D eigenvalue weighted by atomic mass is 10.0. The summed E-state index contributed by atoms with van der Waals surface area (Å²) in [7, 11) is 0. The molecule has 0 fully saturated rings. The SMILES string of the molecule is Fc1cccc(-c2cccc(CBr)c2Br)c1. The predicted octanol–water partition coefficient (Wildman–Crippen LogP) is 5.15. The molecule has 16 heavy (non-hydrogen) atoms. The number of hydrogen-bond acceptors (Lipinski definition) is 0. The molecule has 0 saturated carbocycles. The quantitative estimate of drug-likeness (QED) is 0.661. The predicted molar refractivity (Wildman–Crippen MR) is 72.2 cm³/mol. The summed E-state index contributed by atoms with van der Waals surface area (Å²) in [4.78, 5) is 0. The Balaban J connectivity index is 2.56. The zero-order valence-corrected chi connectivity index (χ0v) is 11.6. The third kappa shape index (κ3) is 2.36. The van der Waals surface area contributed by atoms with Gasteiger partial charge in [0, 0.05) is 9.80 Å². The smallest absolute Gasteiger partial charge is 0.123 e. The van der Waals surface area contributed by atoms with Gasteiger partial charge in [-0.2, -0.15) is 0 Å². The van der Waals surface area contributed by atoms with E-state index in [0.29, 0.717) is 0 Å². The van der Waals surface area contributed by atoms with E-state index in [-0.39, 0.29) is 5.82 Å². The molecule has 0 amide bonds. The maximum absolute atomic E-state index is 13.1. The fraction of sp³-hybridized carbons (Fsp3) is 0.0769. The van der Waals surface area contributed by atoms with Crippen LogP contribution in [0.3, 0.4) is 0 Å². The van der Waals surface area contributed by atoms with Crippen LogP contribution in [0.5, 0.6) is 0 Å². The highest BCUT2D eigenvalue weighted by molar-refractivity contribution is 9.11. The summed E-state index contributed by atoms with van der Waals surface area (Å²) in [5.74, 6) is -0.214. The van der Waals surface area contributed by atoms with E-state index in [4.69, 9.17) is 0 Å². The van der Waals surface area contributed by atoms with Crippen LogP contribution >= 0.6 is 31.9 Å². The minimum absolute atomic E-state index is 0.214. The molecular formula is C13H9Br2F. The molecule has 0 atom stereocenters. The van der Waals surface area contributed by atoms with Gasteiger partial charge in [-0.3, -0.25) is 0 Å². The largest absolute Gasteiger partial charge is 0.207 e. The van der Waals surface area contributed by atoms with Crippen molar-refractivity contribution >= 4 is 31.9 Å². The summed E-state index contributed by atoms with van der Waals surface area (Å²) < 4.78 is 14.2. The van der Waals surface area contributed by atoms with Crippen LogP contribution in [0.4, 0.5) is 4.39 Å². The second kappa shape index (κ2) is 5.11. The molecule has 82 valence electrons. The molecule has 0 saturated heterocycles. The van der Waals surface area contributed by atoms with Gasteiger partial charge in [0.2, 0.25) is 0 Å². The number of rotatable bonds is 2. The Kier molecular flexibility index (Phi) is 3.77. The lowest BCUT2D eigenvalue weighted by Gasteiger charge is -2.08. The molecule has 0 heterocycles. The summed E-state index contributed by atoms with van der Waals surface area (Å²) in [6, 6.07) is 12.6. The van der Waals surface area contributed by atoms with Crippen LogP contribution in [0.25, 0.3) is 11.1 Å². The van der Waals surface area contributed by atoms with Crippen LogP contribution in [0.15, 0.2) is 46.9 Å². The van der Waals surface area contributed by atoms with Gasteiger partial charge in [0.15, 0.2) is 0 Å². The normalized spacial score (nSPS) is 10.4. The van der Waals surface area contributed by atoms with Crippen molar-refractivity contribution in [1.29, 1.82) is 0 Å². The van der Waals surface area contributed by atoms with Crippen molar-refractivity contribution in [2.24, 2.45) is 0 Å². The number of benzene rings is 2. The van der Waals surface area contributed by atoms with Crippen LogP contribution in [-0.4, -0.2) is 0 Å². The summed E-state index contributed by atoms with van der Waals surface area (Å²) in [5.41, 5.74) is 3.05. The van der Waals surface area contributed by atoms with E-state index in [1.807, 2.05) is 24.3 Å². The molecule has 0 nitrogen and oxygen atoms in total. The first-order valence-electron chi connectivity index (χ1n) is 4.81. The fourth-order valence-corrected chi connectivity index (χ4v) is 3.04. The van der Waals surface area contributed by atoms with E-state index >= 15 is 0 Å². The van der Waals surface area contributed by atoms with E-state index in [1.54, 1.807) is 6.07 Å². The molecule has 0 spiro atoms. The minimum atomic E-state index is -0.214. The molecule has 0 aliphatic carbocycles. The molecule has 0 aliphatic heterocycles. The van der Waals surface area contributed by atoms with Crippen molar-refractivity contribution in [2.45, 2.75) is 5.33 Å². The van der Waals surface area contributed by atoms with Gasteiger partial charge in [0.05, 0.1) is 0 Å². The molecule has 0 radical (unpaired) electrons. The molecular weight excluding hydrogens is 335 g/mol. The summed E-state index contributed by atoms with van der Waals surface area (Å²) in [6.07, 6.45) is 0. The van der Waals surface area contributed by atoms with E-state index < -0.39 is 0 Å². The van der Waals surface area contributed by atoms with Crippen molar-refractivity contribution in [1.82, 2.24) is 0 Å². The van der Waals surface area contributed by atoms with Gasteiger partial charge >= 0.3 is 0 Å². The summed E-state index contributed by atoms with van der Waals surface area (Å²) in [5, 5.41) is 0.775. The topological polar surface area (TPSA) is 0 Å². The number of alkyl halides is 1. The Morgan fingerprint density at radius 1 is 1.06 bits per heavy atom. The first-order chi connectivity index (χ1) is 7.72. The van der Waals surface area contributed by atoms with Gasteiger partial charge in [-0.1, -0.05) is 46.3 Å². The molecule has 0 N–H and O–H groups in total. The monoisotopic (exact) mass is 342 g/mol. The Labute approximate surface area is 111 Å². The summed E-state index contributed by atoms with van der Waals surface area (Å²) >= 11 is 6.98. The molecule has 2 aromatic rings. The van der Waals surface area contributed by atoms with Crippen LogP contribution in [-0.2, 0) is 5.33 Å². The zero-order valence-electron chi connectivity index (χ0n) is 8.38. The van der Waals surface area contributed by atoms with E-state index in [1.165, 1.54) is 12.1 Å². The van der Waals surface area contributed by atoms with Gasteiger partial charge in [0.1, 0.15) is 5.82 Å². The van der Waals surface area contributed by atoms with Gasteiger partial charge in [-0.05, 0) is 44.8 Å². The lowest BCUT2D eigenvalue weighted by molar-refractivity contribution is 0.628. The third-order valence-corrected chi connectivity index (χ3v) is 3.90. The molecule has 0 unspecified atom stereocenters. The second-order valence-corrected chi connectivity index (χ2v) is 4.78. The standard InChI is InChI=1S/C13H9Br2F/c14-8-10-4-2-6-12(13(10)15)9-3-1-5-11(16)7-9/h1-7H,8H2. The van der Waals surface area contributed by atoms with Crippen LogP contribution in [0.2, 0.25) is 0 Å². The first kappa shape index (κ1) is 11.8. The molecule has 3 heteroatoms. The fourth-order valence-electron chi connectivity index (χ4n) is 1.56. The Morgan fingerprint density at radius 3 is 2.50 bits per heavy atom. The van der Waals surface area contributed by atoms with E-state index in [2.05, 4.69) is 31.9 Å². The van der Waals surface area contributed by atoms with Gasteiger partial charge in [-0.15, -0.1) is 0 Å². The average Bonchev–Trinajstić information content (AvgIpc) is 2.29. The van der Waals surface area contributed by atoms with Crippen molar-refractivity contribution in [3.8, 4) is 11.1 Å².